The number of aromatic nitrogens is 1. The summed E-state index contributed by atoms with van der Waals surface area (Å²) in [4.78, 5) is 14.9. The van der Waals surface area contributed by atoms with Crippen LogP contribution in [0, 0.1) is 6.92 Å². The number of carbonyl (C=O) groups excluding carboxylic acids is 1. The lowest BCUT2D eigenvalue weighted by atomic mass is 10.3. The highest BCUT2D eigenvalue weighted by Crippen LogP contribution is 2.16. The Morgan fingerprint density at radius 1 is 1.62 bits per heavy atom. The minimum absolute atomic E-state index is 0.199. The van der Waals surface area contributed by atoms with Crippen molar-refractivity contribution in [2.75, 3.05) is 7.11 Å². The Bertz CT molecular complexity index is 327. The molecule has 13 heavy (non-hydrogen) atoms. The second-order valence-corrected chi connectivity index (χ2v) is 2.97. The molecule has 1 aromatic rings. The van der Waals surface area contributed by atoms with E-state index in [1.807, 2.05) is 0 Å². The maximum absolute atomic E-state index is 11.0. The molecule has 1 heterocycles. The number of carbonyl (C=O) groups is 1. The molecule has 0 bridgehead atoms. The quantitative estimate of drug-likeness (QED) is 0.580. The van der Waals surface area contributed by atoms with Gasteiger partial charge in [0, 0.05) is 12.0 Å². The van der Waals surface area contributed by atoms with Crippen molar-refractivity contribution >= 4 is 18.0 Å². The molecule has 0 aromatic carbocycles. The Morgan fingerprint density at radius 3 is 2.85 bits per heavy atom. The zero-order valence-corrected chi connectivity index (χ0v) is 8.09. The van der Waals surface area contributed by atoms with Gasteiger partial charge in [-0.25, -0.2) is 9.78 Å². The van der Waals surface area contributed by atoms with Crippen molar-refractivity contribution in [3.63, 3.8) is 0 Å². The fourth-order valence-corrected chi connectivity index (χ4v) is 1.17. The molecule has 0 saturated heterocycles. The van der Waals surface area contributed by atoms with E-state index in [4.69, 9.17) is 4.55 Å². The molecule has 0 radical (unpaired) electrons. The molecule has 0 aliphatic carbocycles. The Balaban J connectivity index is 3.06. The molecule has 0 fully saturated rings. The topological polar surface area (TPSA) is 59.4 Å². The van der Waals surface area contributed by atoms with E-state index in [0.29, 0.717) is 17.1 Å². The van der Waals surface area contributed by atoms with Crippen LogP contribution in [0.2, 0.25) is 0 Å². The van der Waals surface area contributed by atoms with Crippen molar-refractivity contribution in [2.45, 2.75) is 11.9 Å². The first-order valence-electron chi connectivity index (χ1n) is 3.56. The summed E-state index contributed by atoms with van der Waals surface area (Å²) >= 11 is 0.519. The number of esters is 1. The van der Waals surface area contributed by atoms with E-state index in [0.717, 1.165) is 5.56 Å². The molecule has 1 rings (SSSR count). The lowest BCUT2D eigenvalue weighted by molar-refractivity contribution is 0.0593. The van der Waals surface area contributed by atoms with Gasteiger partial charge in [-0.2, -0.15) is 0 Å². The summed E-state index contributed by atoms with van der Waals surface area (Å²) in [7, 11) is 1.29. The molecule has 0 amide bonds. The number of hydrogen-bond donors (Lipinski definition) is 1. The first kappa shape index (κ1) is 10.0. The fourth-order valence-electron chi connectivity index (χ4n) is 0.821. The number of aryl methyl sites for hydroxylation is 1. The standard InChI is InChI=1S/C8H9NO3S/c1-5-3-4-6(8(10)12-2)9-7(5)13-11/h3-4,11H,1-2H3. The smallest absolute Gasteiger partial charge is 0.356 e. The number of nitrogens with zero attached hydrogens (tertiary/aromatic N) is 1. The van der Waals surface area contributed by atoms with Crippen LogP contribution in [-0.2, 0) is 4.74 Å². The van der Waals surface area contributed by atoms with Crippen molar-refractivity contribution in [3.05, 3.63) is 23.4 Å². The molecule has 70 valence electrons. The number of methoxy groups -OCH3 is 1. The van der Waals surface area contributed by atoms with Crippen LogP contribution in [0.4, 0.5) is 0 Å². The van der Waals surface area contributed by atoms with Crippen LogP contribution in [0.3, 0.4) is 0 Å². The van der Waals surface area contributed by atoms with Crippen LogP contribution in [0.25, 0.3) is 0 Å². The second-order valence-electron chi connectivity index (χ2n) is 2.40. The van der Waals surface area contributed by atoms with E-state index < -0.39 is 5.97 Å². The molecule has 0 spiro atoms. The monoisotopic (exact) mass is 199 g/mol. The number of pyridine rings is 1. The highest BCUT2D eigenvalue weighted by atomic mass is 32.2. The summed E-state index contributed by atoms with van der Waals surface area (Å²) in [5.41, 5.74) is 1.02. The maximum Gasteiger partial charge on any atom is 0.356 e. The highest BCUT2D eigenvalue weighted by molar-refractivity contribution is 7.93. The third kappa shape index (κ3) is 2.19. The Kier molecular flexibility index (Phi) is 3.27. The summed E-state index contributed by atoms with van der Waals surface area (Å²) in [6, 6.07) is 3.26. The average Bonchev–Trinajstić information content (AvgIpc) is 2.17. The molecule has 4 nitrogen and oxygen atoms in total. The lowest BCUT2D eigenvalue weighted by Gasteiger charge is -2.02. The SMILES string of the molecule is COC(=O)c1ccc(C)c(SO)n1. The van der Waals surface area contributed by atoms with Crippen LogP contribution in [0.1, 0.15) is 16.1 Å². The van der Waals surface area contributed by atoms with Crippen LogP contribution < -0.4 is 0 Å². The van der Waals surface area contributed by atoms with Crippen LogP contribution >= 0.6 is 12.0 Å². The van der Waals surface area contributed by atoms with Crippen LogP contribution in [0.5, 0.6) is 0 Å². The van der Waals surface area contributed by atoms with Crippen molar-refractivity contribution < 1.29 is 14.1 Å². The van der Waals surface area contributed by atoms with E-state index >= 15 is 0 Å². The third-order valence-corrected chi connectivity index (χ3v) is 2.12. The van der Waals surface area contributed by atoms with Gasteiger partial charge < -0.3 is 9.29 Å². The third-order valence-electron chi connectivity index (χ3n) is 1.53. The summed E-state index contributed by atoms with van der Waals surface area (Å²) in [5.74, 6) is -0.504. The lowest BCUT2D eigenvalue weighted by Crippen LogP contribution is -2.05. The van der Waals surface area contributed by atoms with E-state index in [1.54, 1.807) is 19.1 Å². The maximum atomic E-state index is 11.0. The molecule has 1 N–H and O–H groups in total. The van der Waals surface area contributed by atoms with E-state index in [2.05, 4.69) is 9.72 Å². The van der Waals surface area contributed by atoms with Gasteiger partial charge >= 0.3 is 5.97 Å². The molecule has 0 saturated carbocycles. The normalized spacial score (nSPS) is 9.77. The highest BCUT2D eigenvalue weighted by Gasteiger charge is 2.09. The predicted molar refractivity (Wildman–Crippen MR) is 48.8 cm³/mol. The molecule has 5 heteroatoms. The minimum atomic E-state index is -0.504. The van der Waals surface area contributed by atoms with E-state index in [1.165, 1.54) is 7.11 Å². The van der Waals surface area contributed by atoms with Crippen molar-refractivity contribution in [3.8, 4) is 0 Å². The van der Waals surface area contributed by atoms with Crippen molar-refractivity contribution in [1.29, 1.82) is 0 Å². The minimum Gasteiger partial charge on any atom is -0.464 e. The van der Waals surface area contributed by atoms with Gasteiger partial charge in [0.05, 0.1) is 7.11 Å². The molecule has 0 unspecified atom stereocenters. The largest absolute Gasteiger partial charge is 0.464 e. The van der Waals surface area contributed by atoms with Crippen molar-refractivity contribution in [2.24, 2.45) is 0 Å². The Hall–Kier alpha value is -1.07. The molecule has 1 aromatic heterocycles. The summed E-state index contributed by atoms with van der Waals surface area (Å²) in [6.45, 7) is 1.80. The molecule has 0 aliphatic rings. The van der Waals surface area contributed by atoms with Gasteiger partial charge in [-0.05, 0) is 18.6 Å². The number of rotatable bonds is 2. The zero-order chi connectivity index (χ0) is 9.84. The van der Waals surface area contributed by atoms with E-state index in [-0.39, 0.29) is 5.69 Å². The van der Waals surface area contributed by atoms with Gasteiger partial charge in [-0.3, -0.25) is 0 Å². The summed E-state index contributed by atoms with van der Waals surface area (Å²) in [6.07, 6.45) is 0. The first-order chi connectivity index (χ1) is 6.19. The molecule has 0 atom stereocenters. The molecular weight excluding hydrogens is 190 g/mol. The average molecular weight is 199 g/mol. The molecule has 0 aliphatic heterocycles. The Morgan fingerprint density at radius 2 is 2.31 bits per heavy atom. The van der Waals surface area contributed by atoms with E-state index in [9.17, 15) is 4.79 Å². The van der Waals surface area contributed by atoms with Gasteiger partial charge in [0.1, 0.15) is 10.7 Å². The number of ether oxygens (including phenoxy) is 1. The van der Waals surface area contributed by atoms with Gasteiger partial charge in [-0.15, -0.1) is 0 Å². The fraction of sp³-hybridized carbons (Fsp3) is 0.250. The zero-order valence-electron chi connectivity index (χ0n) is 7.27. The van der Waals surface area contributed by atoms with Gasteiger partial charge in [-0.1, -0.05) is 6.07 Å². The number of hydrogen-bond acceptors (Lipinski definition) is 5. The summed E-state index contributed by atoms with van der Waals surface area (Å²) in [5, 5.41) is 0.419. The Labute approximate surface area is 80.1 Å². The van der Waals surface area contributed by atoms with Crippen molar-refractivity contribution in [1.82, 2.24) is 4.98 Å². The van der Waals surface area contributed by atoms with Gasteiger partial charge in [0.25, 0.3) is 0 Å². The van der Waals surface area contributed by atoms with Gasteiger partial charge in [0.15, 0.2) is 0 Å². The van der Waals surface area contributed by atoms with Crippen LogP contribution in [-0.4, -0.2) is 22.6 Å². The van der Waals surface area contributed by atoms with Gasteiger partial charge in [0.2, 0.25) is 0 Å². The van der Waals surface area contributed by atoms with Crippen LogP contribution in [0.15, 0.2) is 17.2 Å². The summed E-state index contributed by atoms with van der Waals surface area (Å²) < 4.78 is 13.3. The predicted octanol–water partition coefficient (Wildman–Crippen LogP) is 1.74. The first-order valence-corrected chi connectivity index (χ1v) is 4.33. The second kappa shape index (κ2) is 4.25. The molecular formula is C8H9NO3S.